The largest absolute Gasteiger partial charge is 0.490 e. The molecule has 1 saturated heterocycles. The highest BCUT2D eigenvalue weighted by molar-refractivity contribution is 6.39. The molecule has 0 atom stereocenters. The number of carbonyl (C=O) groups is 3. The zero-order valence-electron chi connectivity index (χ0n) is 20.1. The summed E-state index contributed by atoms with van der Waals surface area (Å²) in [7, 11) is 0. The van der Waals surface area contributed by atoms with Gasteiger partial charge in [-0.2, -0.15) is 0 Å². The number of benzene rings is 3. The summed E-state index contributed by atoms with van der Waals surface area (Å²) in [6.07, 6.45) is 1.44. The number of nitrogens with zero attached hydrogens (tertiary/aromatic N) is 1. The number of aryl methyl sites for hydroxylation is 1. The van der Waals surface area contributed by atoms with Crippen LogP contribution in [0.25, 0.3) is 6.08 Å². The van der Waals surface area contributed by atoms with Gasteiger partial charge in [0.05, 0.1) is 12.3 Å². The molecule has 36 heavy (non-hydrogen) atoms. The average Bonchev–Trinajstić information content (AvgIpc) is 2.84. The molecule has 3 aromatic rings. The normalized spacial score (nSPS) is 14.7. The Bertz CT molecular complexity index is 1380. The van der Waals surface area contributed by atoms with Gasteiger partial charge in [0.1, 0.15) is 12.2 Å². The molecule has 0 unspecified atom stereocenters. The van der Waals surface area contributed by atoms with Crippen molar-refractivity contribution in [3.63, 3.8) is 0 Å². The second-order valence-electron chi connectivity index (χ2n) is 8.23. The molecule has 0 bridgehead atoms. The van der Waals surface area contributed by atoms with Crippen molar-refractivity contribution in [2.75, 3.05) is 11.5 Å². The second-order valence-corrected chi connectivity index (χ2v) is 8.67. The van der Waals surface area contributed by atoms with Crippen molar-refractivity contribution in [2.24, 2.45) is 0 Å². The highest BCUT2D eigenvalue weighted by atomic mass is 35.5. The van der Waals surface area contributed by atoms with Crippen LogP contribution in [0.5, 0.6) is 11.5 Å². The van der Waals surface area contributed by atoms with Crippen molar-refractivity contribution in [2.45, 2.75) is 27.4 Å². The molecule has 7 nitrogen and oxygen atoms in total. The van der Waals surface area contributed by atoms with Crippen LogP contribution in [0.15, 0.2) is 66.2 Å². The lowest BCUT2D eigenvalue weighted by molar-refractivity contribution is -0.122. The summed E-state index contributed by atoms with van der Waals surface area (Å²) in [4.78, 5) is 39.4. The van der Waals surface area contributed by atoms with Crippen LogP contribution < -0.4 is 19.7 Å². The highest BCUT2D eigenvalue weighted by Crippen LogP contribution is 2.32. The Morgan fingerprint density at radius 2 is 1.72 bits per heavy atom. The summed E-state index contributed by atoms with van der Waals surface area (Å²) < 4.78 is 11.7. The SMILES string of the molecule is CCOc1cc(/C=C2\C(=O)NC(=O)N(c3cccc(C)c3C)C2=O)ccc1OCc1cccc(Cl)c1. The first-order valence-corrected chi connectivity index (χ1v) is 11.8. The molecule has 0 radical (unpaired) electrons. The van der Waals surface area contributed by atoms with Gasteiger partial charge in [0.25, 0.3) is 11.8 Å². The predicted octanol–water partition coefficient (Wildman–Crippen LogP) is 5.60. The molecule has 4 rings (SSSR count). The topological polar surface area (TPSA) is 84.9 Å². The number of rotatable bonds is 7. The fourth-order valence-electron chi connectivity index (χ4n) is 3.81. The first-order chi connectivity index (χ1) is 17.3. The van der Waals surface area contributed by atoms with Gasteiger partial charge in [-0.25, -0.2) is 9.69 Å². The number of urea groups is 1. The number of halogens is 1. The minimum Gasteiger partial charge on any atom is -0.490 e. The molecule has 1 heterocycles. The van der Waals surface area contributed by atoms with Crippen molar-refractivity contribution < 1.29 is 23.9 Å². The number of ether oxygens (including phenoxy) is 2. The fourth-order valence-corrected chi connectivity index (χ4v) is 4.02. The zero-order valence-corrected chi connectivity index (χ0v) is 20.9. The van der Waals surface area contributed by atoms with E-state index in [1.807, 2.05) is 45.0 Å². The van der Waals surface area contributed by atoms with Crippen LogP contribution in [-0.2, 0) is 16.2 Å². The van der Waals surface area contributed by atoms with E-state index in [0.717, 1.165) is 21.6 Å². The number of anilines is 1. The van der Waals surface area contributed by atoms with Gasteiger partial charge in [-0.3, -0.25) is 14.9 Å². The van der Waals surface area contributed by atoms with Crippen LogP contribution in [0.4, 0.5) is 10.5 Å². The monoisotopic (exact) mass is 504 g/mol. The van der Waals surface area contributed by atoms with Gasteiger partial charge in [-0.15, -0.1) is 0 Å². The molecule has 3 aromatic carbocycles. The van der Waals surface area contributed by atoms with Gasteiger partial charge >= 0.3 is 6.03 Å². The zero-order chi connectivity index (χ0) is 25.8. The number of hydrogen-bond acceptors (Lipinski definition) is 5. The molecule has 1 N–H and O–H groups in total. The van der Waals surface area contributed by atoms with E-state index in [4.69, 9.17) is 21.1 Å². The Morgan fingerprint density at radius 3 is 2.47 bits per heavy atom. The Balaban J connectivity index is 1.63. The van der Waals surface area contributed by atoms with E-state index in [9.17, 15) is 14.4 Å². The number of imide groups is 2. The smallest absolute Gasteiger partial charge is 0.335 e. The van der Waals surface area contributed by atoms with Crippen molar-refractivity contribution >= 4 is 41.2 Å². The molecule has 0 aromatic heterocycles. The van der Waals surface area contributed by atoms with Gasteiger partial charge in [-0.05, 0) is 79.4 Å². The summed E-state index contributed by atoms with van der Waals surface area (Å²) in [5, 5.41) is 2.88. The van der Waals surface area contributed by atoms with Crippen LogP contribution in [0, 0.1) is 13.8 Å². The lowest BCUT2D eigenvalue weighted by Gasteiger charge is -2.28. The third-order valence-corrected chi connectivity index (χ3v) is 6.02. The van der Waals surface area contributed by atoms with Crippen LogP contribution in [0.2, 0.25) is 5.02 Å². The van der Waals surface area contributed by atoms with E-state index in [1.165, 1.54) is 6.08 Å². The Morgan fingerprint density at radius 1 is 0.944 bits per heavy atom. The van der Waals surface area contributed by atoms with Crippen LogP contribution >= 0.6 is 11.6 Å². The van der Waals surface area contributed by atoms with Crippen molar-refractivity contribution in [1.29, 1.82) is 0 Å². The summed E-state index contributed by atoms with van der Waals surface area (Å²) in [6.45, 7) is 6.23. The van der Waals surface area contributed by atoms with Crippen molar-refractivity contribution in [3.05, 3.63) is 93.5 Å². The summed E-state index contributed by atoms with van der Waals surface area (Å²) in [5.41, 5.74) is 3.40. The fraction of sp³-hybridized carbons (Fsp3) is 0.179. The molecule has 4 amide bonds. The quantitative estimate of drug-likeness (QED) is 0.334. The summed E-state index contributed by atoms with van der Waals surface area (Å²) in [5.74, 6) is -0.493. The first-order valence-electron chi connectivity index (χ1n) is 11.4. The van der Waals surface area contributed by atoms with Gasteiger partial charge in [-0.1, -0.05) is 41.9 Å². The second kappa shape index (κ2) is 10.7. The predicted molar refractivity (Wildman–Crippen MR) is 138 cm³/mol. The maximum absolute atomic E-state index is 13.3. The molecule has 1 fully saturated rings. The molecule has 0 saturated carbocycles. The molecule has 1 aliphatic heterocycles. The highest BCUT2D eigenvalue weighted by Gasteiger charge is 2.37. The Labute approximate surface area is 214 Å². The third-order valence-electron chi connectivity index (χ3n) is 5.78. The van der Waals surface area contributed by atoms with Crippen molar-refractivity contribution in [3.8, 4) is 11.5 Å². The summed E-state index contributed by atoms with van der Waals surface area (Å²) >= 11 is 6.05. The molecule has 0 spiro atoms. The maximum Gasteiger partial charge on any atom is 0.335 e. The van der Waals surface area contributed by atoms with E-state index < -0.39 is 17.8 Å². The lowest BCUT2D eigenvalue weighted by atomic mass is 10.0. The maximum atomic E-state index is 13.3. The van der Waals surface area contributed by atoms with Crippen LogP contribution in [0.3, 0.4) is 0 Å². The van der Waals surface area contributed by atoms with Crippen LogP contribution in [-0.4, -0.2) is 24.5 Å². The van der Waals surface area contributed by atoms with E-state index in [0.29, 0.717) is 34.4 Å². The lowest BCUT2D eigenvalue weighted by Crippen LogP contribution is -2.54. The van der Waals surface area contributed by atoms with Crippen molar-refractivity contribution in [1.82, 2.24) is 5.32 Å². The standard InChI is InChI=1S/C28H25ClN2O5/c1-4-35-25-15-19(11-12-24(25)36-16-20-8-6-9-21(29)13-20)14-22-26(32)30-28(34)31(27(22)33)23-10-5-7-17(2)18(23)3/h5-15H,4,16H2,1-3H3,(H,30,32,34)/b22-14+. The van der Waals surface area contributed by atoms with Crippen LogP contribution in [0.1, 0.15) is 29.2 Å². The molecule has 184 valence electrons. The van der Waals surface area contributed by atoms with Gasteiger partial charge < -0.3 is 9.47 Å². The van der Waals surface area contributed by atoms with Gasteiger partial charge in [0, 0.05) is 5.02 Å². The minimum absolute atomic E-state index is 0.162. The first kappa shape index (κ1) is 25.0. The Hall–Kier alpha value is -4.10. The van der Waals surface area contributed by atoms with Gasteiger partial charge in [0.15, 0.2) is 11.5 Å². The average molecular weight is 505 g/mol. The Kier molecular flexibility index (Phi) is 7.41. The molecule has 8 heteroatoms. The minimum atomic E-state index is -0.782. The van der Waals surface area contributed by atoms with E-state index in [-0.39, 0.29) is 12.2 Å². The number of carbonyl (C=O) groups excluding carboxylic acids is 3. The van der Waals surface area contributed by atoms with E-state index in [2.05, 4.69) is 5.32 Å². The van der Waals surface area contributed by atoms with E-state index in [1.54, 1.807) is 36.4 Å². The summed E-state index contributed by atoms with van der Waals surface area (Å²) in [6, 6.07) is 17.0. The van der Waals surface area contributed by atoms with Gasteiger partial charge in [0.2, 0.25) is 0 Å². The number of hydrogen-bond donors (Lipinski definition) is 1. The number of nitrogens with one attached hydrogen (secondary N) is 1. The van der Waals surface area contributed by atoms with E-state index >= 15 is 0 Å². The molecule has 0 aliphatic carbocycles. The molecular formula is C28H25ClN2O5. The third kappa shape index (κ3) is 5.26. The number of amides is 4. The number of barbiturate groups is 1. The molecule has 1 aliphatic rings. The molecular weight excluding hydrogens is 480 g/mol.